The average molecular weight is 415 g/mol. The number of aromatic nitrogens is 2. The van der Waals surface area contributed by atoms with Crippen molar-refractivity contribution < 1.29 is 24.0 Å². The molecule has 0 unspecified atom stereocenters. The van der Waals surface area contributed by atoms with Gasteiger partial charge in [-0.25, -0.2) is 0 Å². The van der Waals surface area contributed by atoms with Crippen LogP contribution in [-0.2, 0) is 14.3 Å². The van der Waals surface area contributed by atoms with Gasteiger partial charge in [0.1, 0.15) is 17.6 Å². The fraction of sp³-hybridized carbons (Fsp3) is 0.118. The fourth-order valence-electron chi connectivity index (χ4n) is 2.31. The number of nitrogens with zero attached hydrogens (tertiary/aromatic N) is 3. The van der Waals surface area contributed by atoms with Crippen LogP contribution in [0.1, 0.15) is 10.4 Å². The number of carbonyl (C=O) groups is 3. The molecule has 0 bridgehead atoms. The summed E-state index contributed by atoms with van der Waals surface area (Å²) in [7, 11) is 0. The molecule has 12 heteroatoms. The second-order valence-electron chi connectivity index (χ2n) is 5.64. The molecule has 2 aromatic carbocycles. The molecule has 0 aliphatic rings. The van der Waals surface area contributed by atoms with Crippen LogP contribution in [0.4, 0.5) is 11.4 Å². The molecule has 0 saturated heterocycles. The number of hydrogen-bond donors (Lipinski definition) is 2. The molecule has 0 aliphatic carbocycles. The number of esters is 1. The lowest BCUT2D eigenvalue weighted by molar-refractivity contribution is -0.384. The molecule has 1 aromatic heterocycles. The molecule has 0 saturated carbocycles. The zero-order chi connectivity index (χ0) is 20.8. The summed E-state index contributed by atoms with van der Waals surface area (Å²) in [5.41, 5.74) is 1.38. The molecule has 2 N–H and O–H groups in total. The van der Waals surface area contributed by atoms with Crippen LogP contribution in [0.5, 0.6) is 0 Å². The van der Waals surface area contributed by atoms with Crippen molar-refractivity contribution in [3.05, 3.63) is 58.1 Å². The molecule has 3 aromatic rings. The first kappa shape index (κ1) is 19.8. The number of amides is 2. The van der Waals surface area contributed by atoms with Crippen LogP contribution < -0.4 is 10.6 Å². The fourth-order valence-corrected chi connectivity index (χ4v) is 2.86. The molecular weight excluding hydrogens is 402 g/mol. The molecular formula is C17H13N5O6S. The smallest absolute Gasteiger partial charge is 0.325 e. The van der Waals surface area contributed by atoms with Crippen molar-refractivity contribution in [3.63, 3.8) is 0 Å². The largest absolute Gasteiger partial charge is 0.454 e. The Bertz CT molecular complexity index is 1100. The highest BCUT2D eigenvalue weighted by molar-refractivity contribution is 7.00. The third kappa shape index (κ3) is 5.07. The summed E-state index contributed by atoms with van der Waals surface area (Å²) in [6.45, 7) is -1.06. The van der Waals surface area contributed by atoms with Crippen LogP contribution in [0.3, 0.4) is 0 Å². The highest BCUT2D eigenvalue weighted by atomic mass is 32.1. The lowest BCUT2D eigenvalue weighted by atomic mass is 10.2. The van der Waals surface area contributed by atoms with Gasteiger partial charge in [0.25, 0.3) is 17.5 Å². The van der Waals surface area contributed by atoms with Gasteiger partial charge in [0.15, 0.2) is 6.61 Å². The Balaban J connectivity index is 1.46. The molecule has 0 atom stereocenters. The summed E-state index contributed by atoms with van der Waals surface area (Å²) in [5, 5.41) is 15.6. The lowest BCUT2D eigenvalue weighted by Crippen LogP contribution is -2.32. The van der Waals surface area contributed by atoms with Crippen molar-refractivity contribution >= 4 is 51.9 Å². The maximum Gasteiger partial charge on any atom is 0.325 e. The number of non-ortho nitro benzene ring substituents is 1. The number of rotatable bonds is 7. The highest BCUT2D eigenvalue weighted by Gasteiger charge is 2.14. The Kier molecular flexibility index (Phi) is 6.04. The standard InChI is InChI=1S/C17H13N5O6S/c23-14(19-12-5-2-6-13-16(12)21-29-20-13)9-28-15(24)8-18-17(25)10-3-1-4-11(7-10)22(26)27/h1-7H,8-9H2,(H,18,25)(H,19,23). The quantitative estimate of drug-likeness (QED) is 0.334. The normalized spacial score (nSPS) is 10.3. The van der Waals surface area contributed by atoms with Gasteiger partial charge >= 0.3 is 5.97 Å². The van der Waals surface area contributed by atoms with Gasteiger partial charge < -0.3 is 15.4 Å². The van der Waals surface area contributed by atoms with Crippen LogP contribution in [0, 0.1) is 10.1 Å². The van der Waals surface area contributed by atoms with E-state index in [1.807, 2.05) is 0 Å². The summed E-state index contributed by atoms with van der Waals surface area (Å²) in [4.78, 5) is 45.8. The number of nitro benzene ring substituents is 1. The van der Waals surface area contributed by atoms with Crippen molar-refractivity contribution in [1.82, 2.24) is 14.1 Å². The van der Waals surface area contributed by atoms with Crippen LogP contribution >= 0.6 is 11.7 Å². The van der Waals surface area contributed by atoms with E-state index in [9.17, 15) is 24.5 Å². The third-order valence-corrected chi connectivity index (χ3v) is 4.18. The van der Waals surface area contributed by atoms with E-state index in [1.54, 1.807) is 18.2 Å². The third-order valence-electron chi connectivity index (χ3n) is 3.64. The SMILES string of the molecule is O=C(COC(=O)CNC(=O)c1cccc([N+](=O)[O-])c1)Nc1cccc2nsnc12. The zero-order valence-electron chi connectivity index (χ0n) is 14.7. The number of benzene rings is 2. The Labute approximate surface area is 167 Å². The Morgan fingerprint density at radius 2 is 1.93 bits per heavy atom. The number of hydrogen-bond acceptors (Lipinski definition) is 9. The van der Waals surface area contributed by atoms with Gasteiger partial charge in [-0.1, -0.05) is 12.1 Å². The lowest BCUT2D eigenvalue weighted by Gasteiger charge is -2.08. The zero-order valence-corrected chi connectivity index (χ0v) is 15.5. The highest BCUT2D eigenvalue weighted by Crippen LogP contribution is 2.20. The number of anilines is 1. The van der Waals surface area contributed by atoms with Gasteiger partial charge in [-0.15, -0.1) is 0 Å². The van der Waals surface area contributed by atoms with Gasteiger partial charge in [-0.3, -0.25) is 24.5 Å². The van der Waals surface area contributed by atoms with Crippen molar-refractivity contribution in [2.45, 2.75) is 0 Å². The van der Waals surface area contributed by atoms with Gasteiger partial charge in [0.2, 0.25) is 0 Å². The maximum absolute atomic E-state index is 12.0. The second kappa shape index (κ2) is 8.84. The Morgan fingerprint density at radius 1 is 1.14 bits per heavy atom. The second-order valence-corrected chi connectivity index (χ2v) is 6.16. The average Bonchev–Trinajstić information content (AvgIpc) is 3.20. The van der Waals surface area contributed by atoms with E-state index in [4.69, 9.17) is 4.74 Å². The van der Waals surface area contributed by atoms with Crippen molar-refractivity contribution in [1.29, 1.82) is 0 Å². The minimum Gasteiger partial charge on any atom is -0.454 e. The topological polar surface area (TPSA) is 153 Å². The number of nitrogens with one attached hydrogen (secondary N) is 2. The molecule has 0 radical (unpaired) electrons. The molecule has 0 aliphatic heterocycles. The summed E-state index contributed by atoms with van der Waals surface area (Å²) in [6, 6.07) is 10.1. The van der Waals surface area contributed by atoms with E-state index in [-0.39, 0.29) is 11.3 Å². The first-order chi connectivity index (χ1) is 13.9. The number of ether oxygens (including phenoxy) is 1. The Morgan fingerprint density at radius 3 is 2.72 bits per heavy atom. The number of carbonyl (C=O) groups excluding carboxylic acids is 3. The monoisotopic (exact) mass is 415 g/mol. The Hall–Kier alpha value is -3.93. The van der Waals surface area contributed by atoms with E-state index < -0.39 is 35.9 Å². The minimum atomic E-state index is -0.840. The summed E-state index contributed by atoms with van der Waals surface area (Å²) < 4.78 is 12.9. The van der Waals surface area contributed by atoms with Gasteiger partial charge in [0, 0.05) is 17.7 Å². The van der Waals surface area contributed by atoms with Crippen molar-refractivity contribution in [3.8, 4) is 0 Å². The van der Waals surface area contributed by atoms with Crippen LogP contribution in [0.2, 0.25) is 0 Å². The molecule has 148 valence electrons. The van der Waals surface area contributed by atoms with E-state index in [1.165, 1.54) is 18.2 Å². The summed E-state index contributed by atoms with van der Waals surface area (Å²) in [6.07, 6.45) is 0. The van der Waals surface area contributed by atoms with Gasteiger partial charge in [-0.2, -0.15) is 8.75 Å². The molecule has 0 fully saturated rings. The maximum atomic E-state index is 12.0. The first-order valence-corrected chi connectivity index (χ1v) is 8.86. The predicted molar refractivity (Wildman–Crippen MR) is 102 cm³/mol. The summed E-state index contributed by atoms with van der Waals surface area (Å²) >= 11 is 1.01. The predicted octanol–water partition coefficient (Wildman–Crippen LogP) is 1.51. The van der Waals surface area contributed by atoms with Gasteiger partial charge in [-0.05, 0) is 18.2 Å². The molecule has 29 heavy (non-hydrogen) atoms. The number of nitro groups is 1. The van der Waals surface area contributed by atoms with E-state index in [0.29, 0.717) is 16.7 Å². The van der Waals surface area contributed by atoms with Gasteiger partial charge in [0.05, 0.1) is 22.3 Å². The molecule has 1 heterocycles. The molecule has 2 amide bonds. The molecule has 0 spiro atoms. The van der Waals surface area contributed by atoms with Crippen molar-refractivity contribution in [2.24, 2.45) is 0 Å². The van der Waals surface area contributed by atoms with E-state index in [2.05, 4.69) is 19.4 Å². The molecule has 11 nitrogen and oxygen atoms in total. The van der Waals surface area contributed by atoms with E-state index in [0.717, 1.165) is 17.8 Å². The van der Waals surface area contributed by atoms with Crippen LogP contribution in [0.15, 0.2) is 42.5 Å². The van der Waals surface area contributed by atoms with Crippen molar-refractivity contribution in [2.75, 3.05) is 18.5 Å². The first-order valence-electron chi connectivity index (χ1n) is 8.13. The summed E-state index contributed by atoms with van der Waals surface area (Å²) in [5.74, 6) is -2.10. The van der Waals surface area contributed by atoms with Crippen LogP contribution in [-0.4, -0.2) is 44.6 Å². The van der Waals surface area contributed by atoms with Crippen LogP contribution in [0.25, 0.3) is 11.0 Å². The number of fused-ring (bicyclic) bond motifs is 1. The molecule has 3 rings (SSSR count). The van der Waals surface area contributed by atoms with E-state index >= 15 is 0 Å². The minimum absolute atomic E-state index is 0.0229.